The van der Waals surface area contributed by atoms with Crippen molar-refractivity contribution in [3.8, 4) is 0 Å². The maximum absolute atomic E-state index is 13.2. The van der Waals surface area contributed by atoms with Crippen molar-refractivity contribution in [1.82, 2.24) is 0 Å². The van der Waals surface area contributed by atoms with Gasteiger partial charge in [0.05, 0.1) is 10.5 Å². The first kappa shape index (κ1) is 16.6. The van der Waals surface area contributed by atoms with Gasteiger partial charge in [-0.1, -0.05) is 0 Å². The molecule has 0 heterocycles. The van der Waals surface area contributed by atoms with Gasteiger partial charge in [0, 0.05) is 6.54 Å². The molecule has 0 aromatic heterocycles. The molecule has 0 bridgehead atoms. The lowest BCUT2D eigenvalue weighted by Crippen LogP contribution is -2.12. The number of halogens is 4. The number of hydrogen-bond donors (Lipinski definition) is 1. The van der Waals surface area contributed by atoms with Gasteiger partial charge in [-0.25, -0.2) is 12.8 Å². The van der Waals surface area contributed by atoms with Gasteiger partial charge in [0.2, 0.25) is 0 Å². The van der Waals surface area contributed by atoms with Gasteiger partial charge in [-0.3, -0.25) is 0 Å². The van der Waals surface area contributed by atoms with Gasteiger partial charge in [-0.15, -0.1) is 0 Å². The Balaban J connectivity index is 3.26. The molecule has 1 rings (SSSR count). The molecular weight excluding hydrogens is 298 g/mol. The number of alkyl halides is 3. The molecule has 0 radical (unpaired) electrons. The van der Waals surface area contributed by atoms with E-state index in [1.54, 1.807) is 0 Å². The first-order valence-electron chi connectivity index (χ1n) is 5.52. The third kappa shape index (κ3) is 4.31. The van der Waals surface area contributed by atoms with E-state index < -0.39 is 38.1 Å². The Morgan fingerprint density at radius 1 is 1.30 bits per heavy atom. The summed E-state index contributed by atoms with van der Waals surface area (Å²) in [6.07, 6.45) is -3.81. The molecule has 0 aliphatic carbocycles. The Labute approximate surface area is 114 Å². The molecule has 2 N–H and O–H groups in total. The van der Waals surface area contributed by atoms with Crippen molar-refractivity contribution in [3.63, 3.8) is 0 Å². The molecule has 0 aliphatic rings. The van der Waals surface area contributed by atoms with Crippen molar-refractivity contribution in [2.45, 2.75) is 18.0 Å². The zero-order valence-electron chi connectivity index (χ0n) is 10.5. The first-order chi connectivity index (χ1) is 9.06. The minimum atomic E-state index is -4.66. The van der Waals surface area contributed by atoms with Gasteiger partial charge in [0.25, 0.3) is 0 Å². The monoisotopic (exact) mass is 311 g/mol. The van der Waals surface area contributed by atoms with Crippen molar-refractivity contribution in [3.05, 3.63) is 41.2 Å². The SMILES string of the molecule is Cc1cc(C(F)(F)F)cc(S(=O)(=O)C/C(F)=C/CN)c1. The molecule has 0 saturated heterocycles. The van der Waals surface area contributed by atoms with Crippen LogP contribution >= 0.6 is 0 Å². The normalized spacial score (nSPS) is 13.6. The van der Waals surface area contributed by atoms with E-state index in [4.69, 9.17) is 5.73 Å². The van der Waals surface area contributed by atoms with Crippen LogP contribution in [0.1, 0.15) is 11.1 Å². The van der Waals surface area contributed by atoms with Gasteiger partial charge < -0.3 is 5.73 Å². The highest BCUT2D eigenvalue weighted by Crippen LogP contribution is 2.32. The minimum absolute atomic E-state index is 0.126. The number of nitrogens with two attached hydrogens (primary N) is 1. The minimum Gasteiger partial charge on any atom is -0.327 e. The summed E-state index contributed by atoms with van der Waals surface area (Å²) in [5.74, 6) is -2.01. The lowest BCUT2D eigenvalue weighted by molar-refractivity contribution is -0.137. The van der Waals surface area contributed by atoms with E-state index in [0.717, 1.165) is 18.2 Å². The summed E-state index contributed by atoms with van der Waals surface area (Å²) < 4.78 is 74.8. The zero-order valence-corrected chi connectivity index (χ0v) is 11.4. The summed E-state index contributed by atoms with van der Waals surface area (Å²) in [6, 6.07) is 2.39. The van der Waals surface area contributed by atoms with E-state index in [1.807, 2.05) is 0 Å². The van der Waals surface area contributed by atoms with Crippen LogP contribution in [0.5, 0.6) is 0 Å². The molecule has 0 unspecified atom stereocenters. The number of sulfone groups is 1. The van der Waals surface area contributed by atoms with Crippen LogP contribution in [0.2, 0.25) is 0 Å². The molecule has 0 saturated carbocycles. The van der Waals surface area contributed by atoms with E-state index in [-0.39, 0.29) is 12.1 Å². The molecule has 112 valence electrons. The Bertz CT molecular complexity index is 621. The average Bonchev–Trinajstić information content (AvgIpc) is 2.26. The summed E-state index contributed by atoms with van der Waals surface area (Å²) in [4.78, 5) is -0.564. The van der Waals surface area contributed by atoms with Gasteiger partial charge in [-0.2, -0.15) is 13.2 Å². The highest BCUT2D eigenvalue weighted by Gasteiger charge is 2.32. The summed E-state index contributed by atoms with van der Waals surface area (Å²) in [6.45, 7) is 1.14. The summed E-state index contributed by atoms with van der Waals surface area (Å²) in [5, 5.41) is 0. The van der Waals surface area contributed by atoms with Crippen molar-refractivity contribution in [2.24, 2.45) is 5.73 Å². The molecule has 8 heteroatoms. The summed E-state index contributed by atoms with van der Waals surface area (Å²) in [7, 11) is -4.19. The molecule has 1 aromatic rings. The fourth-order valence-corrected chi connectivity index (χ4v) is 2.86. The average molecular weight is 311 g/mol. The van der Waals surface area contributed by atoms with Gasteiger partial charge in [-0.05, 0) is 36.8 Å². The van der Waals surface area contributed by atoms with Gasteiger partial charge in [0.15, 0.2) is 9.84 Å². The topological polar surface area (TPSA) is 60.2 Å². The number of benzene rings is 1. The van der Waals surface area contributed by atoms with Gasteiger partial charge >= 0.3 is 6.18 Å². The molecule has 0 spiro atoms. The predicted octanol–water partition coefficient (Wildman–Crippen LogP) is 2.60. The van der Waals surface area contributed by atoms with Crippen LogP contribution in [0.15, 0.2) is 35.0 Å². The number of hydrogen-bond acceptors (Lipinski definition) is 3. The van der Waals surface area contributed by atoms with Gasteiger partial charge in [0.1, 0.15) is 11.6 Å². The van der Waals surface area contributed by atoms with Crippen LogP contribution in [0.3, 0.4) is 0 Å². The fourth-order valence-electron chi connectivity index (χ4n) is 1.54. The molecule has 0 fully saturated rings. The van der Waals surface area contributed by atoms with E-state index >= 15 is 0 Å². The Morgan fingerprint density at radius 2 is 1.90 bits per heavy atom. The van der Waals surface area contributed by atoms with Crippen molar-refractivity contribution in [2.75, 3.05) is 12.3 Å². The Kier molecular flexibility index (Phi) is 4.93. The lowest BCUT2D eigenvalue weighted by Gasteiger charge is -2.11. The van der Waals surface area contributed by atoms with E-state index in [1.165, 1.54) is 6.92 Å². The van der Waals surface area contributed by atoms with Crippen molar-refractivity contribution < 1.29 is 26.0 Å². The number of rotatable bonds is 4. The van der Waals surface area contributed by atoms with E-state index in [2.05, 4.69) is 0 Å². The van der Waals surface area contributed by atoms with E-state index in [9.17, 15) is 26.0 Å². The highest BCUT2D eigenvalue weighted by molar-refractivity contribution is 7.91. The fraction of sp³-hybridized carbons (Fsp3) is 0.333. The Morgan fingerprint density at radius 3 is 2.40 bits per heavy atom. The molecular formula is C12H13F4NO2S. The third-order valence-electron chi connectivity index (χ3n) is 2.40. The van der Waals surface area contributed by atoms with Crippen LogP contribution in [0.4, 0.5) is 17.6 Å². The Hall–Kier alpha value is -1.41. The second-order valence-electron chi connectivity index (χ2n) is 4.18. The standard InChI is InChI=1S/C12H13F4NO2S/c1-8-4-9(12(14,15)16)6-11(5-8)20(18,19)7-10(13)2-3-17/h2,4-6H,3,7,17H2,1H3/b10-2-. The predicted molar refractivity (Wildman–Crippen MR) is 66.5 cm³/mol. The van der Waals surface area contributed by atoms with Crippen molar-refractivity contribution >= 4 is 9.84 Å². The second kappa shape index (κ2) is 5.92. The number of aryl methyl sites for hydroxylation is 1. The maximum atomic E-state index is 13.2. The van der Waals surface area contributed by atoms with Crippen LogP contribution in [-0.2, 0) is 16.0 Å². The molecule has 20 heavy (non-hydrogen) atoms. The van der Waals surface area contributed by atoms with Crippen LogP contribution in [0.25, 0.3) is 0 Å². The van der Waals surface area contributed by atoms with E-state index in [0.29, 0.717) is 6.07 Å². The first-order valence-corrected chi connectivity index (χ1v) is 7.18. The second-order valence-corrected chi connectivity index (χ2v) is 6.17. The van der Waals surface area contributed by atoms with Crippen molar-refractivity contribution in [1.29, 1.82) is 0 Å². The zero-order chi connectivity index (χ0) is 15.6. The highest BCUT2D eigenvalue weighted by atomic mass is 32.2. The maximum Gasteiger partial charge on any atom is 0.416 e. The summed E-state index contributed by atoms with van der Waals surface area (Å²) >= 11 is 0. The van der Waals surface area contributed by atoms with Crippen LogP contribution in [-0.4, -0.2) is 20.7 Å². The smallest absolute Gasteiger partial charge is 0.327 e. The summed E-state index contributed by atoms with van der Waals surface area (Å²) in [5.41, 5.74) is 4.07. The molecule has 0 aliphatic heterocycles. The largest absolute Gasteiger partial charge is 0.416 e. The van der Waals surface area contributed by atoms with Crippen LogP contribution < -0.4 is 5.73 Å². The molecule has 3 nitrogen and oxygen atoms in total. The molecule has 1 aromatic carbocycles. The quantitative estimate of drug-likeness (QED) is 0.870. The molecule has 0 atom stereocenters. The molecule has 0 amide bonds. The lowest BCUT2D eigenvalue weighted by atomic mass is 10.1. The van der Waals surface area contributed by atoms with Crippen LogP contribution in [0, 0.1) is 6.92 Å². The third-order valence-corrected chi connectivity index (χ3v) is 4.01.